The second-order valence-electron chi connectivity index (χ2n) is 9.60. The van der Waals surface area contributed by atoms with Crippen LogP contribution in [0.2, 0.25) is 0 Å². The predicted octanol–water partition coefficient (Wildman–Crippen LogP) is 4.86. The minimum absolute atomic E-state index is 0.0771. The van der Waals surface area contributed by atoms with Crippen molar-refractivity contribution in [3.05, 3.63) is 64.2 Å². The van der Waals surface area contributed by atoms with Gasteiger partial charge in [0.15, 0.2) is 5.11 Å². The molecule has 1 saturated heterocycles. The number of fused-ring (bicyclic) bond motifs is 1. The summed E-state index contributed by atoms with van der Waals surface area (Å²) in [4.78, 5) is 29.8. The Labute approximate surface area is 195 Å². The zero-order chi connectivity index (χ0) is 23.4. The summed E-state index contributed by atoms with van der Waals surface area (Å²) in [5, 5.41) is 2.78. The lowest BCUT2D eigenvalue weighted by molar-refractivity contribution is -0.122. The maximum absolute atomic E-state index is 13.4. The largest absolute Gasteiger partial charge is 0.369 e. The smallest absolute Gasteiger partial charge is 0.270 e. The van der Waals surface area contributed by atoms with Crippen molar-refractivity contribution in [1.29, 1.82) is 0 Å². The van der Waals surface area contributed by atoms with E-state index in [1.54, 1.807) is 6.08 Å². The van der Waals surface area contributed by atoms with Crippen LogP contribution in [0.1, 0.15) is 55.4 Å². The van der Waals surface area contributed by atoms with Crippen LogP contribution in [0.5, 0.6) is 0 Å². The molecule has 2 aliphatic heterocycles. The van der Waals surface area contributed by atoms with Crippen LogP contribution in [-0.4, -0.2) is 29.5 Å². The first kappa shape index (κ1) is 22.2. The Bertz CT molecular complexity index is 1160. The van der Waals surface area contributed by atoms with Gasteiger partial charge in [-0.15, -0.1) is 0 Å². The van der Waals surface area contributed by atoms with Gasteiger partial charge in [0, 0.05) is 18.3 Å². The van der Waals surface area contributed by atoms with Gasteiger partial charge in [-0.3, -0.25) is 19.8 Å². The van der Waals surface area contributed by atoms with Crippen molar-refractivity contribution in [3.63, 3.8) is 0 Å². The lowest BCUT2D eigenvalue weighted by Crippen LogP contribution is -2.54. The predicted molar refractivity (Wildman–Crippen MR) is 134 cm³/mol. The molecular weight excluding hydrogens is 418 g/mol. The molecule has 2 heterocycles. The number of carbonyl (C=O) groups is 2. The van der Waals surface area contributed by atoms with Crippen molar-refractivity contribution in [2.24, 2.45) is 0 Å². The zero-order valence-corrected chi connectivity index (χ0v) is 20.3. The summed E-state index contributed by atoms with van der Waals surface area (Å²) in [7, 11) is 2.11. The van der Waals surface area contributed by atoms with Crippen LogP contribution in [0.4, 0.5) is 11.4 Å². The molecule has 5 nitrogen and oxygen atoms in total. The van der Waals surface area contributed by atoms with E-state index in [2.05, 4.69) is 50.2 Å². The summed E-state index contributed by atoms with van der Waals surface area (Å²) in [6, 6.07) is 12.0. The number of thiocarbonyl (C=S) groups is 1. The summed E-state index contributed by atoms with van der Waals surface area (Å²) in [5.41, 5.74) is 6.10. The quantitative estimate of drug-likeness (QED) is 0.406. The van der Waals surface area contributed by atoms with E-state index in [4.69, 9.17) is 12.2 Å². The molecule has 2 amide bonds. The van der Waals surface area contributed by atoms with Crippen LogP contribution in [-0.2, 0) is 9.59 Å². The summed E-state index contributed by atoms with van der Waals surface area (Å²) in [6.07, 6.45) is 2.70. The number of aryl methyl sites for hydroxylation is 2. The van der Waals surface area contributed by atoms with E-state index in [0.29, 0.717) is 11.6 Å². The van der Waals surface area contributed by atoms with Gasteiger partial charge in [-0.1, -0.05) is 19.1 Å². The molecule has 2 aromatic rings. The van der Waals surface area contributed by atoms with Crippen LogP contribution in [0.15, 0.2) is 42.0 Å². The average Bonchev–Trinajstić information content (AvgIpc) is 2.68. The molecule has 0 aliphatic carbocycles. The summed E-state index contributed by atoms with van der Waals surface area (Å²) < 4.78 is 0. The molecule has 0 saturated carbocycles. The lowest BCUT2D eigenvalue weighted by atomic mass is 9.80. The van der Waals surface area contributed by atoms with Gasteiger partial charge in [-0.25, -0.2) is 0 Å². The first-order valence-corrected chi connectivity index (χ1v) is 11.3. The molecule has 1 atom stereocenters. The molecule has 0 aromatic heterocycles. The minimum atomic E-state index is -0.468. The molecule has 166 valence electrons. The zero-order valence-electron chi connectivity index (χ0n) is 19.4. The molecular formula is C26H29N3O2S. The fraction of sp³-hybridized carbons (Fsp3) is 0.346. The highest BCUT2D eigenvalue weighted by Crippen LogP contribution is 2.42. The Morgan fingerprint density at radius 3 is 2.41 bits per heavy atom. The molecule has 32 heavy (non-hydrogen) atoms. The number of nitrogens with one attached hydrogen (secondary N) is 1. The summed E-state index contributed by atoms with van der Waals surface area (Å²) in [6.45, 7) is 10.7. The van der Waals surface area contributed by atoms with Gasteiger partial charge in [-0.2, -0.15) is 0 Å². The molecule has 0 radical (unpaired) electrons. The van der Waals surface area contributed by atoms with Gasteiger partial charge in [0.1, 0.15) is 5.57 Å². The molecule has 2 aliphatic rings. The number of carbonyl (C=O) groups excluding carboxylic acids is 2. The van der Waals surface area contributed by atoms with Crippen LogP contribution in [0, 0.1) is 13.8 Å². The Morgan fingerprint density at radius 1 is 1.09 bits per heavy atom. The third kappa shape index (κ3) is 3.84. The van der Waals surface area contributed by atoms with Crippen molar-refractivity contribution in [3.8, 4) is 0 Å². The first-order chi connectivity index (χ1) is 15.0. The SMILES string of the molecule is Cc1cc(C)cc(N2C(=O)/C(=C/c3ccc4c(c3)[C@@H](C)CC(C)(C)N4C)C(=O)NC2=S)c1. The Hall–Kier alpha value is -2.99. The van der Waals surface area contributed by atoms with Crippen LogP contribution in [0.25, 0.3) is 6.08 Å². The van der Waals surface area contributed by atoms with Crippen molar-refractivity contribution in [2.45, 2.75) is 52.5 Å². The van der Waals surface area contributed by atoms with Crippen molar-refractivity contribution >= 4 is 46.6 Å². The molecule has 6 heteroatoms. The van der Waals surface area contributed by atoms with E-state index in [0.717, 1.165) is 23.1 Å². The average molecular weight is 448 g/mol. The van der Waals surface area contributed by atoms with Crippen LogP contribution < -0.4 is 15.1 Å². The normalized spacial score (nSPS) is 21.6. The van der Waals surface area contributed by atoms with Crippen molar-refractivity contribution < 1.29 is 9.59 Å². The molecule has 2 aromatic carbocycles. The van der Waals surface area contributed by atoms with Crippen LogP contribution >= 0.6 is 12.2 Å². The summed E-state index contributed by atoms with van der Waals surface area (Å²) >= 11 is 5.34. The standard InChI is InChI=1S/C26H29N3O2S/c1-15-9-16(2)11-19(10-15)29-24(31)21(23(30)27-25(29)32)13-18-7-8-22-20(12-18)17(3)14-26(4,5)28(22)6/h7-13,17H,14H2,1-6H3,(H,27,30,32)/b21-13+/t17-/m0/s1. The van der Waals surface area contributed by atoms with Gasteiger partial charge < -0.3 is 4.90 Å². The molecule has 0 spiro atoms. The molecule has 1 fully saturated rings. The Balaban J connectivity index is 1.74. The van der Waals surface area contributed by atoms with E-state index in [1.807, 2.05) is 38.1 Å². The summed E-state index contributed by atoms with van der Waals surface area (Å²) in [5.74, 6) is -0.498. The van der Waals surface area contributed by atoms with Gasteiger partial charge in [-0.05, 0) is 105 Å². The van der Waals surface area contributed by atoms with Crippen LogP contribution in [0.3, 0.4) is 0 Å². The fourth-order valence-electron chi connectivity index (χ4n) is 4.82. The lowest BCUT2D eigenvalue weighted by Gasteiger charge is -2.45. The topological polar surface area (TPSA) is 52.7 Å². The number of rotatable bonds is 2. The van der Waals surface area contributed by atoms with Crippen molar-refractivity contribution in [2.75, 3.05) is 16.8 Å². The van der Waals surface area contributed by atoms with E-state index in [-0.39, 0.29) is 16.2 Å². The third-order valence-corrected chi connectivity index (χ3v) is 6.82. The second kappa shape index (κ2) is 7.85. The molecule has 4 rings (SSSR count). The fourth-order valence-corrected chi connectivity index (χ4v) is 5.10. The van der Waals surface area contributed by atoms with Gasteiger partial charge in [0.25, 0.3) is 11.8 Å². The third-order valence-electron chi connectivity index (χ3n) is 6.53. The molecule has 0 bridgehead atoms. The van der Waals surface area contributed by atoms with E-state index in [9.17, 15) is 9.59 Å². The number of anilines is 2. The number of benzene rings is 2. The second-order valence-corrected chi connectivity index (χ2v) is 9.99. The van der Waals surface area contributed by atoms with Gasteiger partial charge >= 0.3 is 0 Å². The number of hydrogen-bond donors (Lipinski definition) is 1. The number of amides is 2. The number of nitrogens with zero attached hydrogens (tertiary/aromatic N) is 2. The Morgan fingerprint density at radius 2 is 1.75 bits per heavy atom. The highest BCUT2D eigenvalue weighted by Gasteiger charge is 2.36. The monoisotopic (exact) mass is 447 g/mol. The highest BCUT2D eigenvalue weighted by atomic mass is 32.1. The first-order valence-electron chi connectivity index (χ1n) is 10.9. The maximum atomic E-state index is 13.4. The van der Waals surface area contributed by atoms with Gasteiger partial charge in [0.2, 0.25) is 0 Å². The van der Waals surface area contributed by atoms with Crippen molar-refractivity contribution in [1.82, 2.24) is 5.32 Å². The van der Waals surface area contributed by atoms with E-state index in [1.165, 1.54) is 16.2 Å². The Kier molecular flexibility index (Phi) is 5.45. The highest BCUT2D eigenvalue weighted by molar-refractivity contribution is 7.80. The van der Waals surface area contributed by atoms with Gasteiger partial charge in [0.05, 0.1) is 5.69 Å². The van der Waals surface area contributed by atoms with E-state index < -0.39 is 11.8 Å². The maximum Gasteiger partial charge on any atom is 0.270 e. The van der Waals surface area contributed by atoms with E-state index >= 15 is 0 Å². The molecule has 1 N–H and O–H groups in total. The minimum Gasteiger partial charge on any atom is -0.369 e. The molecule has 0 unspecified atom stereocenters. The number of hydrogen-bond acceptors (Lipinski definition) is 4.